The molecule has 1 aliphatic carbocycles. The third kappa shape index (κ3) is 4.44. The number of aromatic nitrogens is 2. The molecule has 0 bridgehead atoms. The van der Waals surface area contributed by atoms with Crippen molar-refractivity contribution in [2.45, 2.75) is 46.5 Å². The van der Waals surface area contributed by atoms with Gasteiger partial charge in [0.2, 0.25) is 0 Å². The van der Waals surface area contributed by atoms with Crippen LogP contribution in [0.15, 0.2) is 23.3 Å². The second-order valence-electron chi connectivity index (χ2n) is 8.12. The highest BCUT2D eigenvalue weighted by Gasteiger charge is 2.34. The smallest absolute Gasteiger partial charge is 0.292 e. The van der Waals surface area contributed by atoms with Gasteiger partial charge in [-0.15, -0.1) is 0 Å². The summed E-state index contributed by atoms with van der Waals surface area (Å²) in [5, 5.41) is 11.4. The topological polar surface area (TPSA) is 88.6 Å². The minimum absolute atomic E-state index is 0.244. The fourth-order valence-corrected chi connectivity index (χ4v) is 3.79. The van der Waals surface area contributed by atoms with E-state index in [0.717, 1.165) is 42.5 Å². The summed E-state index contributed by atoms with van der Waals surface area (Å²) in [6, 6.07) is 5.43. The number of H-pyrrole nitrogens is 1. The molecule has 0 fully saturated rings. The molecule has 1 unspecified atom stereocenters. The summed E-state index contributed by atoms with van der Waals surface area (Å²) in [6.07, 6.45) is 5.60. The van der Waals surface area contributed by atoms with Gasteiger partial charge in [0.1, 0.15) is 0 Å². The molecule has 1 aliphatic rings. The average molecular weight is 399 g/mol. The van der Waals surface area contributed by atoms with E-state index < -0.39 is 0 Å². The van der Waals surface area contributed by atoms with Crippen LogP contribution in [0.25, 0.3) is 0 Å². The molecule has 1 atom stereocenters. The number of fused-ring (bicyclic) bond motifs is 1. The fraction of sp³-hybridized carbons (Fsp3) is 0.500. The molecule has 2 N–H and O–H groups in total. The molecule has 1 amide bonds. The van der Waals surface area contributed by atoms with Gasteiger partial charge in [0.15, 0.2) is 17.2 Å². The molecular weight excluding hydrogens is 368 g/mol. The molecule has 1 heterocycles. The van der Waals surface area contributed by atoms with E-state index in [4.69, 9.17) is 9.47 Å². The monoisotopic (exact) mass is 398 g/mol. The lowest BCUT2D eigenvalue weighted by atomic mass is 9.69. The van der Waals surface area contributed by atoms with E-state index in [-0.39, 0.29) is 11.3 Å². The maximum atomic E-state index is 12.7. The van der Waals surface area contributed by atoms with Gasteiger partial charge in [0.05, 0.1) is 20.4 Å². The van der Waals surface area contributed by atoms with Crippen LogP contribution in [0.5, 0.6) is 11.5 Å². The van der Waals surface area contributed by atoms with Gasteiger partial charge in [0, 0.05) is 11.3 Å². The van der Waals surface area contributed by atoms with Crippen molar-refractivity contribution in [2.75, 3.05) is 14.2 Å². The van der Waals surface area contributed by atoms with Crippen LogP contribution in [0.3, 0.4) is 0 Å². The number of aryl methyl sites for hydroxylation is 1. The number of carbonyl (C=O) groups excluding carboxylic acids is 1. The average Bonchev–Trinajstić information content (AvgIpc) is 3.16. The molecule has 7 heteroatoms. The van der Waals surface area contributed by atoms with E-state index in [1.165, 1.54) is 0 Å². The molecule has 0 spiro atoms. The maximum Gasteiger partial charge on any atom is 0.292 e. The molecule has 7 nitrogen and oxygen atoms in total. The van der Waals surface area contributed by atoms with Gasteiger partial charge >= 0.3 is 0 Å². The Morgan fingerprint density at radius 3 is 2.79 bits per heavy atom. The molecule has 1 aromatic carbocycles. The Labute approximate surface area is 171 Å². The van der Waals surface area contributed by atoms with Gasteiger partial charge in [0.25, 0.3) is 5.91 Å². The van der Waals surface area contributed by atoms with Crippen LogP contribution in [0.1, 0.15) is 60.9 Å². The number of nitrogens with one attached hydrogen (secondary N) is 2. The Balaban J connectivity index is 1.70. The summed E-state index contributed by atoms with van der Waals surface area (Å²) in [5.41, 5.74) is 6.17. The summed E-state index contributed by atoms with van der Waals surface area (Å²) in [7, 11) is 3.16. The van der Waals surface area contributed by atoms with Gasteiger partial charge in [-0.1, -0.05) is 27.2 Å². The third-order valence-corrected chi connectivity index (χ3v) is 6.16. The summed E-state index contributed by atoms with van der Waals surface area (Å²) >= 11 is 0. The van der Waals surface area contributed by atoms with Crippen molar-refractivity contribution in [3.8, 4) is 11.5 Å². The second-order valence-corrected chi connectivity index (χ2v) is 8.12. The molecule has 3 rings (SSSR count). The normalized spacial score (nSPS) is 16.5. The maximum absolute atomic E-state index is 12.7. The summed E-state index contributed by atoms with van der Waals surface area (Å²) in [5.74, 6) is 1.49. The van der Waals surface area contributed by atoms with Crippen LogP contribution in [0, 0.1) is 11.3 Å². The predicted molar refractivity (Wildman–Crippen MR) is 113 cm³/mol. The largest absolute Gasteiger partial charge is 0.493 e. The number of aromatic amines is 1. The number of hydrogen-bond donors (Lipinski definition) is 2. The van der Waals surface area contributed by atoms with E-state index in [1.807, 2.05) is 6.07 Å². The van der Waals surface area contributed by atoms with Crippen LogP contribution in [0.4, 0.5) is 0 Å². The summed E-state index contributed by atoms with van der Waals surface area (Å²) in [6.45, 7) is 6.83. The second kappa shape index (κ2) is 8.68. The molecule has 29 heavy (non-hydrogen) atoms. The third-order valence-electron chi connectivity index (χ3n) is 6.16. The minimum atomic E-state index is -0.297. The van der Waals surface area contributed by atoms with Crippen molar-refractivity contribution in [2.24, 2.45) is 16.4 Å². The fourth-order valence-electron chi connectivity index (χ4n) is 3.79. The predicted octanol–water partition coefficient (Wildman–Crippen LogP) is 3.73. The van der Waals surface area contributed by atoms with Gasteiger partial charge in [-0.3, -0.25) is 9.89 Å². The van der Waals surface area contributed by atoms with E-state index in [1.54, 1.807) is 32.6 Å². The SMILES string of the molecule is CCC(C)(C)C1CCc2[nH]nc(C(=O)NN=Cc3ccc(OC)c(OC)c3)c2C1. The van der Waals surface area contributed by atoms with Crippen molar-refractivity contribution in [1.29, 1.82) is 0 Å². The quantitative estimate of drug-likeness (QED) is 0.549. The van der Waals surface area contributed by atoms with Crippen LogP contribution in [-0.4, -0.2) is 36.5 Å². The summed E-state index contributed by atoms with van der Waals surface area (Å²) in [4.78, 5) is 12.7. The van der Waals surface area contributed by atoms with Crippen molar-refractivity contribution in [3.63, 3.8) is 0 Å². The zero-order chi connectivity index (χ0) is 21.0. The molecule has 0 radical (unpaired) electrons. The Morgan fingerprint density at radius 2 is 2.10 bits per heavy atom. The van der Waals surface area contributed by atoms with Crippen LogP contribution in [-0.2, 0) is 12.8 Å². The Morgan fingerprint density at radius 1 is 1.34 bits per heavy atom. The van der Waals surface area contributed by atoms with Crippen molar-refractivity contribution < 1.29 is 14.3 Å². The number of ether oxygens (including phenoxy) is 2. The van der Waals surface area contributed by atoms with Crippen LogP contribution < -0.4 is 14.9 Å². The van der Waals surface area contributed by atoms with Gasteiger partial charge in [-0.2, -0.15) is 10.2 Å². The van der Waals surface area contributed by atoms with Gasteiger partial charge in [-0.05, 0) is 54.4 Å². The van der Waals surface area contributed by atoms with Crippen LogP contribution >= 0.6 is 0 Å². The van der Waals surface area contributed by atoms with Crippen molar-refractivity contribution in [1.82, 2.24) is 15.6 Å². The van der Waals surface area contributed by atoms with Crippen molar-refractivity contribution in [3.05, 3.63) is 40.7 Å². The first kappa shape index (κ1) is 20.9. The number of hydrazone groups is 1. The molecule has 2 aromatic rings. The van der Waals surface area contributed by atoms with E-state index in [0.29, 0.717) is 23.1 Å². The Kier molecular flexibility index (Phi) is 6.25. The first-order valence-corrected chi connectivity index (χ1v) is 10.0. The highest BCUT2D eigenvalue weighted by atomic mass is 16.5. The number of hydrogen-bond acceptors (Lipinski definition) is 5. The number of benzene rings is 1. The molecule has 156 valence electrons. The Hall–Kier alpha value is -2.83. The number of methoxy groups -OCH3 is 2. The Bertz CT molecular complexity index is 901. The number of carbonyl (C=O) groups is 1. The first-order chi connectivity index (χ1) is 13.9. The van der Waals surface area contributed by atoms with E-state index >= 15 is 0 Å². The van der Waals surface area contributed by atoms with Crippen molar-refractivity contribution >= 4 is 12.1 Å². The molecule has 0 aliphatic heterocycles. The van der Waals surface area contributed by atoms with Crippen LogP contribution in [0.2, 0.25) is 0 Å². The standard InChI is InChI=1S/C22H30N4O3/c1-6-22(2,3)15-8-9-17-16(12-15)20(25-24-17)21(27)26-23-13-14-7-10-18(28-4)19(11-14)29-5/h7,10-11,13,15H,6,8-9,12H2,1-5H3,(H,24,25)(H,26,27). The minimum Gasteiger partial charge on any atom is -0.493 e. The first-order valence-electron chi connectivity index (χ1n) is 10.0. The van der Waals surface area contributed by atoms with Gasteiger partial charge < -0.3 is 9.47 Å². The zero-order valence-electron chi connectivity index (χ0n) is 17.8. The number of amides is 1. The highest BCUT2D eigenvalue weighted by molar-refractivity contribution is 5.94. The lowest BCUT2D eigenvalue weighted by molar-refractivity contribution is 0.0947. The molecule has 0 saturated heterocycles. The molecule has 1 aromatic heterocycles. The molecule has 0 saturated carbocycles. The number of rotatable bonds is 7. The zero-order valence-corrected chi connectivity index (χ0v) is 17.8. The van der Waals surface area contributed by atoms with E-state index in [2.05, 4.69) is 41.5 Å². The highest BCUT2D eigenvalue weighted by Crippen LogP contribution is 2.40. The van der Waals surface area contributed by atoms with E-state index in [9.17, 15) is 4.79 Å². The summed E-state index contributed by atoms with van der Waals surface area (Å²) < 4.78 is 10.5. The lowest BCUT2D eigenvalue weighted by Gasteiger charge is -2.36. The van der Waals surface area contributed by atoms with Gasteiger partial charge in [-0.25, -0.2) is 5.43 Å². The molecular formula is C22H30N4O3. The number of nitrogens with zero attached hydrogens (tertiary/aromatic N) is 2. The lowest BCUT2D eigenvalue weighted by Crippen LogP contribution is -2.30.